The molecule has 0 fully saturated rings. The van der Waals surface area contributed by atoms with E-state index in [1.165, 1.54) is 75.2 Å². The highest BCUT2D eigenvalue weighted by molar-refractivity contribution is 6.93. The van der Waals surface area contributed by atoms with E-state index in [9.17, 15) is 0 Å². The van der Waals surface area contributed by atoms with Gasteiger partial charge >= 0.3 is 19.3 Å². The van der Waals surface area contributed by atoms with Crippen LogP contribution in [0.5, 0.6) is 0 Å². The van der Waals surface area contributed by atoms with E-state index in [1.54, 1.807) is 0 Å². The summed E-state index contributed by atoms with van der Waals surface area (Å²) in [6, 6.07) is 0. The first-order chi connectivity index (χ1) is 9.20. The molecule has 0 aliphatic heterocycles. The van der Waals surface area contributed by atoms with Crippen LogP contribution in [0.25, 0.3) is 0 Å². The molecule has 0 saturated heterocycles. The zero-order chi connectivity index (χ0) is 14.3. The molecular weight excluding hydrogens is 264 g/mol. The minimum Gasteiger partial charge on any atom is -0.346 e. The molecule has 0 aromatic carbocycles. The lowest BCUT2D eigenvalue weighted by molar-refractivity contribution is 0.433. The molecular formula is C17H35ClMg. The summed E-state index contributed by atoms with van der Waals surface area (Å²) in [5.41, 5.74) is 0. The Kier molecular flexibility index (Phi) is 16.3. The lowest BCUT2D eigenvalue weighted by Gasteiger charge is -2.11. The smallest absolute Gasteiger partial charge is 0.346 e. The van der Waals surface area contributed by atoms with Crippen molar-refractivity contribution in [3.63, 3.8) is 0 Å². The maximum atomic E-state index is 5.86. The van der Waals surface area contributed by atoms with Crippen LogP contribution in [0.1, 0.15) is 91.4 Å². The van der Waals surface area contributed by atoms with Crippen molar-refractivity contribution in [3.8, 4) is 0 Å². The molecule has 0 aliphatic rings. The third-order valence-electron chi connectivity index (χ3n) is 4.27. The van der Waals surface area contributed by atoms with Crippen LogP contribution in [0.4, 0.5) is 0 Å². The first-order valence-electron chi connectivity index (χ1n) is 8.76. The van der Waals surface area contributed by atoms with E-state index >= 15 is 0 Å². The van der Waals surface area contributed by atoms with Crippen LogP contribution >= 0.6 is 9.07 Å². The van der Waals surface area contributed by atoms with Crippen LogP contribution in [0.3, 0.4) is 0 Å². The molecule has 19 heavy (non-hydrogen) atoms. The minimum absolute atomic E-state index is 0.211. The Morgan fingerprint density at radius 2 is 1.21 bits per heavy atom. The Morgan fingerprint density at radius 1 is 0.737 bits per heavy atom. The summed E-state index contributed by atoms with van der Waals surface area (Å²) in [5, 5.41) is 0. The van der Waals surface area contributed by atoms with Gasteiger partial charge in [-0.25, -0.2) is 0 Å². The Hall–Kier alpha value is 1.06. The van der Waals surface area contributed by atoms with E-state index in [4.69, 9.17) is 9.07 Å². The van der Waals surface area contributed by atoms with Crippen LogP contribution in [0.15, 0.2) is 0 Å². The predicted octanol–water partition coefficient (Wildman–Crippen LogP) is 6.85. The number of hydrogen-bond donors (Lipinski definition) is 0. The third-order valence-corrected chi connectivity index (χ3v) is 5.75. The van der Waals surface area contributed by atoms with Crippen molar-refractivity contribution in [2.45, 2.75) is 96.0 Å². The lowest BCUT2D eigenvalue weighted by Crippen LogP contribution is -1.96. The van der Waals surface area contributed by atoms with Gasteiger partial charge in [-0.05, 0) is 11.8 Å². The van der Waals surface area contributed by atoms with Gasteiger partial charge in [-0.15, -0.1) is 4.55 Å². The Balaban J connectivity index is 3.18. The molecule has 0 radical (unpaired) electrons. The minimum atomic E-state index is -0.211. The van der Waals surface area contributed by atoms with Gasteiger partial charge in [-0.3, -0.25) is 0 Å². The van der Waals surface area contributed by atoms with E-state index < -0.39 is 0 Å². The Morgan fingerprint density at radius 3 is 1.74 bits per heavy atom. The summed E-state index contributed by atoms with van der Waals surface area (Å²) >= 11 is -0.211. The summed E-state index contributed by atoms with van der Waals surface area (Å²) in [5.74, 6) is 1.88. The predicted molar refractivity (Wildman–Crippen MR) is 91.2 cm³/mol. The summed E-state index contributed by atoms with van der Waals surface area (Å²) in [4.78, 5) is 0. The highest BCUT2D eigenvalue weighted by atomic mass is 35.5. The molecule has 2 unspecified atom stereocenters. The topological polar surface area (TPSA) is 0 Å². The van der Waals surface area contributed by atoms with Crippen LogP contribution in [-0.2, 0) is 0 Å². The Bertz CT molecular complexity index is 155. The highest BCUT2D eigenvalue weighted by Crippen LogP contribution is 2.19. The molecule has 0 heterocycles. The molecule has 0 aromatic heterocycles. The fourth-order valence-electron chi connectivity index (χ4n) is 2.78. The van der Waals surface area contributed by atoms with Crippen molar-refractivity contribution < 1.29 is 0 Å². The van der Waals surface area contributed by atoms with Gasteiger partial charge in [0.25, 0.3) is 0 Å². The monoisotopic (exact) mass is 298 g/mol. The van der Waals surface area contributed by atoms with Gasteiger partial charge in [-0.1, -0.05) is 91.4 Å². The van der Waals surface area contributed by atoms with Crippen molar-refractivity contribution in [1.82, 2.24) is 0 Å². The van der Waals surface area contributed by atoms with Gasteiger partial charge in [0.2, 0.25) is 0 Å². The van der Waals surface area contributed by atoms with Crippen molar-refractivity contribution in [1.29, 1.82) is 0 Å². The second-order valence-corrected chi connectivity index (χ2v) is 8.75. The van der Waals surface area contributed by atoms with Crippen LogP contribution < -0.4 is 0 Å². The number of hydrogen-bond acceptors (Lipinski definition) is 0. The van der Waals surface area contributed by atoms with Crippen molar-refractivity contribution in [2.24, 2.45) is 11.8 Å². The molecule has 0 bridgehead atoms. The maximum Gasteiger partial charge on any atom is 0.501 e. The van der Waals surface area contributed by atoms with Crippen molar-refractivity contribution in [3.05, 3.63) is 0 Å². The molecule has 0 spiro atoms. The highest BCUT2D eigenvalue weighted by Gasteiger charge is 2.03. The second-order valence-electron chi connectivity index (χ2n) is 6.53. The fourth-order valence-corrected chi connectivity index (χ4v) is 4.10. The number of unbranched alkanes of at least 4 members (excludes halogenated alkanes) is 5. The molecule has 0 nitrogen and oxygen atoms in total. The maximum absolute atomic E-state index is 5.86. The largest absolute Gasteiger partial charge is 0.501 e. The Labute approximate surface area is 136 Å². The zero-order valence-electron chi connectivity index (χ0n) is 13.7. The van der Waals surface area contributed by atoms with Gasteiger partial charge in [-0.2, -0.15) is 0 Å². The second kappa shape index (κ2) is 15.4. The van der Waals surface area contributed by atoms with Crippen molar-refractivity contribution in [2.75, 3.05) is 0 Å². The summed E-state index contributed by atoms with van der Waals surface area (Å²) in [7, 11) is 5.86. The summed E-state index contributed by atoms with van der Waals surface area (Å²) < 4.78 is 1.33. The normalized spacial score (nSPS) is 14.1. The van der Waals surface area contributed by atoms with E-state index in [1.807, 2.05) is 0 Å². The first kappa shape index (κ1) is 20.1. The zero-order valence-corrected chi connectivity index (χ0v) is 15.9. The van der Waals surface area contributed by atoms with Crippen molar-refractivity contribution >= 4 is 28.3 Å². The number of halogens is 1. The first-order valence-corrected chi connectivity index (χ1v) is 11.9. The lowest BCUT2D eigenvalue weighted by atomic mass is 9.96. The molecule has 0 amide bonds. The van der Waals surface area contributed by atoms with Gasteiger partial charge < -0.3 is 9.07 Å². The van der Waals surface area contributed by atoms with E-state index in [0.717, 1.165) is 11.8 Å². The SMILES string of the molecule is CCCCC(C)CCCCCCCC(C)C[CH2][Mg][Cl]. The van der Waals surface area contributed by atoms with E-state index in [-0.39, 0.29) is 19.3 Å². The molecule has 2 heteroatoms. The molecule has 0 saturated carbocycles. The van der Waals surface area contributed by atoms with E-state index in [0.29, 0.717) is 0 Å². The molecule has 2 atom stereocenters. The average molecular weight is 299 g/mol. The molecule has 0 aromatic rings. The van der Waals surface area contributed by atoms with Gasteiger partial charge in [0, 0.05) is 0 Å². The summed E-state index contributed by atoms with van der Waals surface area (Å²) in [6.45, 7) is 7.12. The molecule has 112 valence electrons. The van der Waals surface area contributed by atoms with Gasteiger partial charge in [0.15, 0.2) is 0 Å². The van der Waals surface area contributed by atoms with Crippen LogP contribution in [0, 0.1) is 11.8 Å². The molecule has 0 N–H and O–H groups in total. The number of rotatable bonds is 14. The average Bonchev–Trinajstić information content (AvgIpc) is 2.41. The fraction of sp³-hybridized carbons (Fsp3) is 1.00. The van der Waals surface area contributed by atoms with Gasteiger partial charge in [0.05, 0.1) is 0 Å². The molecule has 0 aliphatic carbocycles. The van der Waals surface area contributed by atoms with E-state index in [2.05, 4.69) is 20.8 Å². The molecule has 0 rings (SSSR count). The standard InChI is InChI=1S/C17H35.ClH.Mg/c1-5-7-13-17(4)15-12-10-8-9-11-14-16(3)6-2;;/h16-17H,2,5-15H2,1,3-4H3;1H;/q;;+1/p-1. The summed E-state index contributed by atoms with van der Waals surface area (Å²) in [6.07, 6.45) is 15.7. The van der Waals surface area contributed by atoms with Crippen LogP contribution in [-0.4, -0.2) is 19.3 Å². The third kappa shape index (κ3) is 15.3. The quantitative estimate of drug-likeness (QED) is 0.243. The van der Waals surface area contributed by atoms with Crippen LogP contribution in [0.2, 0.25) is 4.55 Å². The van der Waals surface area contributed by atoms with Gasteiger partial charge in [0.1, 0.15) is 0 Å².